The minimum absolute atomic E-state index is 0.252. The van der Waals surface area contributed by atoms with Crippen LogP contribution in [0.25, 0.3) is 0 Å². The van der Waals surface area contributed by atoms with E-state index in [9.17, 15) is 13.2 Å². The van der Waals surface area contributed by atoms with Crippen molar-refractivity contribution in [1.29, 1.82) is 0 Å². The molecular weight excluding hydrogens is 337 g/mol. The Hall–Kier alpha value is -2.09. The third-order valence-electron chi connectivity index (χ3n) is 3.31. The highest BCUT2D eigenvalue weighted by atomic mass is 32.1. The average Bonchev–Trinajstić information content (AvgIpc) is 2.94. The van der Waals surface area contributed by atoms with Crippen LogP contribution in [0.4, 0.5) is 18.9 Å². The Kier molecular flexibility index (Phi) is 6.19. The van der Waals surface area contributed by atoms with Crippen LogP contribution in [-0.4, -0.2) is 21.4 Å². The summed E-state index contributed by atoms with van der Waals surface area (Å²) in [6.07, 6.45) is 1.04. The Morgan fingerprint density at radius 1 is 1.33 bits per heavy atom. The van der Waals surface area contributed by atoms with Crippen molar-refractivity contribution in [3.8, 4) is 0 Å². The molecule has 24 heavy (non-hydrogen) atoms. The molecule has 0 spiro atoms. The number of alkyl halides is 3. The SMILES string of the molecule is CCCCNC(=S)Nc1cnn(Cc2cccc(C(F)(F)F)c2)c1. The van der Waals surface area contributed by atoms with Crippen molar-refractivity contribution in [2.75, 3.05) is 11.9 Å². The lowest BCUT2D eigenvalue weighted by atomic mass is 10.1. The standard InChI is InChI=1S/C16H19F3N4S/c1-2-3-7-20-15(24)22-14-9-21-23(11-14)10-12-5-4-6-13(8-12)16(17,18)19/h4-6,8-9,11H,2-3,7,10H2,1H3,(H2,20,22,24). The molecule has 0 atom stereocenters. The number of aromatic nitrogens is 2. The van der Waals surface area contributed by atoms with Crippen molar-refractivity contribution in [1.82, 2.24) is 15.1 Å². The molecule has 0 aliphatic rings. The predicted molar refractivity (Wildman–Crippen MR) is 91.9 cm³/mol. The molecule has 1 aromatic carbocycles. The number of anilines is 1. The number of unbranched alkanes of at least 4 members (excludes halogenated alkanes) is 1. The van der Waals surface area contributed by atoms with Crippen LogP contribution >= 0.6 is 12.2 Å². The van der Waals surface area contributed by atoms with E-state index >= 15 is 0 Å². The first-order valence-electron chi connectivity index (χ1n) is 7.62. The molecule has 0 fully saturated rings. The van der Waals surface area contributed by atoms with Gasteiger partial charge in [0.1, 0.15) is 0 Å². The Labute approximate surface area is 144 Å². The number of benzene rings is 1. The molecule has 0 bridgehead atoms. The Bertz CT molecular complexity index is 682. The Morgan fingerprint density at radius 2 is 2.12 bits per heavy atom. The number of rotatable bonds is 6. The number of nitrogens with zero attached hydrogens (tertiary/aromatic N) is 2. The van der Waals surface area contributed by atoms with E-state index in [2.05, 4.69) is 22.7 Å². The highest BCUT2D eigenvalue weighted by molar-refractivity contribution is 7.80. The predicted octanol–water partition coefficient (Wildman–Crippen LogP) is 4.04. The van der Waals surface area contributed by atoms with E-state index in [1.54, 1.807) is 23.1 Å². The lowest BCUT2D eigenvalue weighted by molar-refractivity contribution is -0.137. The number of thiocarbonyl (C=S) groups is 1. The van der Waals surface area contributed by atoms with Gasteiger partial charge in [-0.2, -0.15) is 18.3 Å². The Balaban J connectivity index is 1.95. The Morgan fingerprint density at radius 3 is 2.83 bits per heavy atom. The van der Waals surface area contributed by atoms with Crippen LogP contribution in [0.3, 0.4) is 0 Å². The first kappa shape index (κ1) is 18.3. The summed E-state index contributed by atoms with van der Waals surface area (Å²) in [5.74, 6) is 0. The molecular formula is C16H19F3N4S. The van der Waals surface area contributed by atoms with E-state index in [1.165, 1.54) is 6.07 Å². The lowest BCUT2D eigenvalue weighted by Gasteiger charge is -2.09. The van der Waals surface area contributed by atoms with Gasteiger partial charge in [0.15, 0.2) is 5.11 Å². The van der Waals surface area contributed by atoms with E-state index in [0.717, 1.165) is 31.5 Å². The first-order valence-corrected chi connectivity index (χ1v) is 8.02. The zero-order valence-electron chi connectivity index (χ0n) is 13.2. The van der Waals surface area contributed by atoms with E-state index in [1.807, 2.05) is 0 Å². The molecule has 0 aliphatic heterocycles. The molecule has 0 aliphatic carbocycles. The van der Waals surface area contributed by atoms with Crippen molar-refractivity contribution >= 4 is 23.0 Å². The largest absolute Gasteiger partial charge is 0.416 e. The molecule has 0 unspecified atom stereocenters. The molecule has 0 amide bonds. The summed E-state index contributed by atoms with van der Waals surface area (Å²) in [7, 11) is 0. The summed E-state index contributed by atoms with van der Waals surface area (Å²) in [5, 5.41) is 10.7. The molecule has 0 saturated carbocycles. The summed E-state index contributed by atoms with van der Waals surface area (Å²) < 4.78 is 39.7. The van der Waals surface area contributed by atoms with Gasteiger partial charge in [0.25, 0.3) is 0 Å². The molecule has 2 N–H and O–H groups in total. The summed E-state index contributed by atoms with van der Waals surface area (Å²) in [6.45, 7) is 3.14. The van der Waals surface area contributed by atoms with Gasteiger partial charge < -0.3 is 10.6 Å². The molecule has 0 radical (unpaired) electrons. The molecule has 0 saturated heterocycles. The lowest BCUT2D eigenvalue weighted by Crippen LogP contribution is -2.28. The fourth-order valence-electron chi connectivity index (χ4n) is 2.10. The number of halogens is 3. The van der Waals surface area contributed by atoms with E-state index < -0.39 is 11.7 Å². The number of nitrogens with one attached hydrogen (secondary N) is 2. The van der Waals surface area contributed by atoms with Gasteiger partial charge in [-0.1, -0.05) is 25.5 Å². The smallest absolute Gasteiger partial charge is 0.362 e. The first-order chi connectivity index (χ1) is 11.4. The van der Waals surface area contributed by atoms with Crippen molar-refractivity contribution in [2.45, 2.75) is 32.5 Å². The number of hydrogen-bond donors (Lipinski definition) is 2. The summed E-state index contributed by atoms with van der Waals surface area (Å²) in [5.41, 5.74) is 0.561. The van der Waals surface area contributed by atoms with Gasteiger partial charge in [0.2, 0.25) is 0 Å². The van der Waals surface area contributed by atoms with Gasteiger partial charge in [0, 0.05) is 12.7 Å². The number of hydrogen-bond acceptors (Lipinski definition) is 2. The maximum Gasteiger partial charge on any atom is 0.416 e. The fraction of sp³-hybridized carbons (Fsp3) is 0.375. The molecule has 130 valence electrons. The molecule has 2 rings (SSSR count). The third kappa shape index (κ3) is 5.52. The topological polar surface area (TPSA) is 41.9 Å². The van der Waals surface area contributed by atoms with Crippen LogP contribution in [0.1, 0.15) is 30.9 Å². The van der Waals surface area contributed by atoms with Gasteiger partial charge in [-0.15, -0.1) is 0 Å². The van der Waals surface area contributed by atoms with Crippen LogP contribution in [0, 0.1) is 0 Å². The molecule has 1 aromatic heterocycles. The third-order valence-corrected chi connectivity index (χ3v) is 3.55. The van der Waals surface area contributed by atoms with Crippen molar-refractivity contribution in [2.24, 2.45) is 0 Å². The zero-order valence-corrected chi connectivity index (χ0v) is 14.0. The second-order valence-electron chi connectivity index (χ2n) is 5.36. The zero-order chi connectivity index (χ0) is 17.6. The monoisotopic (exact) mass is 356 g/mol. The summed E-state index contributed by atoms with van der Waals surface area (Å²) in [6, 6.07) is 5.22. The highest BCUT2D eigenvalue weighted by Crippen LogP contribution is 2.29. The minimum atomic E-state index is -4.34. The van der Waals surface area contributed by atoms with Crippen LogP contribution in [0.2, 0.25) is 0 Å². The van der Waals surface area contributed by atoms with Crippen molar-refractivity contribution in [3.63, 3.8) is 0 Å². The molecule has 8 heteroatoms. The normalized spacial score (nSPS) is 11.3. The average molecular weight is 356 g/mol. The van der Waals surface area contributed by atoms with Gasteiger partial charge in [-0.25, -0.2) is 0 Å². The summed E-state index contributed by atoms with van der Waals surface area (Å²) >= 11 is 5.16. The van der Waals surface area contributed by atoms with Crippen molar-refractivity contribution < 1.29 is 13.2 Å². The van der Waals surface area contributed by atoms with Crippen LogP contribution in [0.5, 0.6) is 0 Å². The highest BCUT2D eigenvalue weighted by Gasteiger charge is 2.30. The van der Waals surface area contributed by atoms with Gasteiger partial charge in [-0.3, -0.25) is 4.68 Å². The van der Waals surface area contributed by atoms with Crippen LogP contribution < -0.4 is 10.6 Å². The van der Waals surface area contributed by atoms with Crippen LogP contribution in [-0.2, 0) is 12.7 Å². The van der Waals surface area contributed by atoms with Gasteiger partial charge in [-0.05, 0) is 36.3 Å². The maximum atomic E-state index is 12.7. The van der Waals surface area contributed by atoms with E-state index in [0.29, 0.717) is 16.4 Å². The summed E-state index contributed by atoms with van der Waals surface area (Å²) in [4.78, 5) is 0. The maximum absolute atomic E-state index is 12.7. The van der Waals surface area contributed by atoms with Crippen molar-refractivity contribution in [3.05, 3.63) is 47.8 Å². The van der Waals surface area contributed by atoms with Gasteiger partial charge >= 0.3 is 6.18 Å². The van der Waals surface area contributed by atoms with Gasteiger partial charge in [0.05, 0.1) is 24.0 Å². The molecule has 1 heterocycles. The molecule has 2 aromatic rings. The quantitative estimate of drug-likeness (QED) is 0.606. The van der Waals surface area contributed by atoms with E-state index in [-0.39, 0.29) is 6.54 Å². The second kappa shape index (κ2) is 8.14. The second-order valence-corrected chi connectivity index (χ2v) is 5.77. The van der Waals surface area contributed by atoms with E-state index in [4.69, 9.17) is 12.2 Å². The minimum Gasteiger partial charge on any atom is -0.362 e. The van der Waals surface area contributed by atoms with Crippen LogP contribution in [0.15, 0.2) is 36.7 Å². The fourth-order valence-corrected chi connectivity index (χ4v) is 2.32. The molecule has 4 nitrogen and oxygen atoms in total.